The lowest BCUT2D eigenvalue weighted by Gasteiger charge is -2.19. The highest BCUT2D eigenvalue weighted by Crippen LogP contribution is 2.20. The molecule has 20 heavy (non-hydrogen) atoms. The van der Waals surface area contributed by atoms with E-state index in [1.54, 1.807) is 4.90 Å². The molecule has 3 N–H and O–H groups in total. The van der Waals surface area contributed by atoms with Gasteiger partial charge in [-0.2, -0.15) is 0 Å². The summed E-state index contributed by atoms with van der Waals surface area (Å²) in [5.74, 6) is -1.15. The van der Waals surface area contributed by atoms with Crippen LogP contribution in [0.1, 0.15) is 19.4 Å². The molecule has 1 aromatic carbocycles. The van der Waals surface area contributed by atoms with E-state index in [2.05, 4.69) is 0 Å². The molecule has 0 saturated carbocycles. The molecule has 0 aliphatic rings. The van der Waals surface area contributed by atoms with Gasteiger partial charge in [-0.25, -0.2) is 4.39 Å². The van der Waals surface area contributed by atoms with Gasteiger partial charge >= 0.3 is 0 Å². The van der Waals surface area contributed by atoms with Crippen molar-refractivity contribution in [3.63, 3.8) is 0 Å². The van der Waals surface area contributed by atoms with Crippen molar-refractivity contribution in [3.05, 3.63) is 29.6 Å². The van der Waals surface area contributed by atoms with Crippen LogP contribution in [0, 0.1) is 11.2 Å². The van der Waals surface area contributed by atoms with E-state index >= 15 is 0 Å². The summed E-state index contributed by atoms with van der Waals surface area (Å²) in [5.41, 5.74) is 5.19. The molecule has 0 aromatic heterocycles. The number of nitrogen functional groups attached to an aromatic ring is 1. The maximum atomic E-state index is 13.5. The number of carbonyl (C=O) groups is 1. The number of benzene rings is 1. The Balaban J connectivity index is 0.00000361. The Morgan fingerprint density at radius 1 is 1.40 bits per heavy atom. The molecular formula is C13H19ClFN3O2. The Labute approximate surface area is 123 Å². The minimum atomic E-state index is -0.639. The molecule has 112 valence electrons. The van der Waals surface area contributed by atoms with Gasteiger partial charge in [-0.05, 0) is 26.0 Å². The highest BCUT2D eigenvalue weighted by atomic mass is 35.5. The Morgan fingerprint density at radius 2 is 2.00 bits per heavy atom. The van der Waals surface area contributed by atoms with E-state index in [0.717, 1.165) is 0 Å². The second-order valence-electron chi connectivity index (χ2n) is 3.88. The van der Waals surface area contributed by atoms with Gasteiger partial charge in [0.05, 0.1) is 5.56 Å². The number of amides is 1. The quantitative estimate of drug-likeness (QED) is 0.621. The zero-order valence-electron chi connectivity index (χ0n) is 11.5. The van der Waals surface area contributed by atoms with Crippen molar-refractivity contribution < 1.29 is 13.9 Å². The third kappa shape index (κ3) is 4.38. The van der Waals surface area contributed by atoms with Gasteiger partial charge in [0.25, 0.3) is 5.91 Å². The summed E-state index contributed by atoms with van der Waals surface area (Å²) in [6, 6.07) is 4.12. The first kappa shape index (κ1) is 18.2. The number of ether oxygens (including phenoxy) is 1. The average Bonchev–Trinajstić information content (AvgIpc) is 2.37. The van der Waals surface area contributed by atoms with Crippen LogP contribution in [0.4, 0.5) is 4.39 Å². The zero-order chi connectivity index (χ0) is 14.4. The molecule has 1 aromatic rings. The molecule has 7 heteroatoms. The molecule has 1 amide bonds. The first-order valence-electron chi connectivity index (χ1n) is 6.04. The molecule has 0 atom stereocenters. The minimum Gasteiger partial charge on any atom is -0.483 e. The van der Waals surface area contributed by atoms with Crippen LogP contribution in [0.15, 0.2) is 18.2 Å². The van der Waals surface area contributed by atoms with Crippen molar-refractivity contribution in [2.24, 2.45) is 5.73 Å². The molecule has 0 fully saturated rings. The summed E-state index contributed by atoms with van der Waals surface area (Å²) in [6.45, 7) is 4.70. The number of halogens is 2. The molecule has 0 spiro atoms. The number of likely N-dealkylation sites (N-methyl/N-ethyl adjacent to an activating group) is 1. The van der Waals surface area contributed by atoms with Crippen LogP contribution in [0.5, 0.6) is 5.75 Å². The number of hydrogen-bond acceptors (Lipinski definition) is 3. The fraction of sp³-hybridized carbons (Fsp3) is 0.385. The predicted octanol–water partition coefficient (Wildman–Crippen LogP) is 1.78. The van der Waals surface area contributed by atoms with E-state index in [1.807, 2.05) is 13.8 Å². The standard InChI is InChI=1S/C13H18FN3O2.ClH/c1-3-17(4-2)11(18)8-19-10-7-5-6-9(14)12(10)13(15)16;/h5-7H,3-4,8H2,1-2H3,(H3,15,16);1H. The second kappa shape index (κ2) is 8.37. The van der Waals surface area contributed by atoms with Crippen LogP contribution in [-0.2, 0) is 4.79 Å². The van der Waals surface area contributed by atoms with Crippen LogP contribution in [0.2, 0.25) is 0 Å². The van der Waals surface area contributed by atoms with Crippen molar-refractivity contribution in [1.29, 1.82) is 5.41 Å². The summed E-state index contributed by atoms with van der Waals surface area (Å²) < 4.78 is 18.8. The molecule has 0 aliphatic heterocycles. The Bertz CT molecular complexity index is 479. The smallest absolute Gasteiger partial charge is 0.260 e. The van der Waals surface area contributed by atoms with E-state index < -0.39 is 11.7 Å². The predicted molar refractivity (Wildman–Crippen MR) is 78.1 cm³/mol. The fourth-order valence-corrected chi connectivity index (χ4v) is 1.69. The molecular weight excluding hydrogens is 285 g/mol. The van der Waals surface area contributed by atoms with E-state index in [4.69, 9.17) is 15.9 Å². The summed E-state index contributed by atoms with van der Waals surface area (Å²) in [7, 11) is 0. The van der Waals surface area contributed by atoms with Gasteiger partial charge in [0, 0.05) is 13.1 Å². The molecule has 1 rings (SSSR count). The molecule has 0 heterocycles. The average molecular weight is 304 g/mol. The lowest BCUT2D eigenvalue weighted by Crippen LogP contribution is -2.34. The van der Waals surface area contributed by atoms with Crippen LogP contribution in [-0.4, -0.2) is 36.3 Å². The van der Waals surface area contributed by atoms with Gasteiger partial charge < -0.3 is 15.4 Å². The van der Waals surface area contributed by atoms with Gasteiger partial charge in [0.1, 0.15) is 17.4 Å². The topological polar surface area (TPSA) is 79.4 Å². The number of amidine groups is 1. The van der Waals surface area contributed by atoms with Crippen LogP contribution >= 0.6 is 12.4 Å². The van der Waals surface area contributed by atoms with Crippen molar-refractivity contribution in [2.45, 2.75) is 13.8 Å². The highest BCUT2D eigenvalue weighted by molar-refractivity contribution is 5.98. The maximum Gasteiger partial charge on any atom is 0.260 e. The van der Waals surface area contributed by atoms with Crippen molar-refractivity contribution in [2.75, 3.05) is 19.7 Å². The molecule has 0 saturated heterocycles. The number of carbonyl (C=O) groups excluding carboxylic acids is 1. The van der Waals surface area contributed by atoms with Gasteiger partial charge in [-0.1, -0.05) is 6.07 Å². The molecule has 0 aliphatic carbocycles. The van der Waals surface area contributed by atoms with Gasteiger partial charge in [0.15, 0.2) is 6.61 Å². The Hall–Kier alpha value is -1.82. The first-order chi connectivity index (χ1) is 9.01. The van der Waals surface area contributed by atoms with Gasteiger partial charge in [0.2, 0.25) is 0 Å². The Morgan fingerprint density at radius 3 is 2.50 bits per heavy atom. The minimum absolute atomic E-state index is 0. The first-order valence-corrected chi connectivity index (χ1v) is 6.04. The van der Waals surface area contributed by atoms with E-state index in [0.29, 0.717) is 13.1 Å². The SMILES string of the molecule is CCN(CC)C(=O)COc1cccc(F)c1C(=N)N.Cl. The number of hydrogen-bond donors (Lipinski definition) is 2. The summed E-state index contributed by atoms with van der Waals surface area (Å²) >= 11 is 0. The van der Waals surface area contributed by atoms with E-state index in [9.17, 15) is 9.18 Å². The van der Waals surface area contributed by atoms with Crippen molar-refractivity contribution in [1.82, 2.24) is 4.90 Å². The monoisotopic (exact) mass is 303 g/mol. The van der Waals surface area contributed by atoms with Crippen molar-refractivity contribution in [3.8, 4) is 5.75 Å². The van der Waals surface area contributed by atoms with Crippen LogP contribution < -0.4 is 10.5 Å². The molecule has 5 nitrogen and oxygen atoms in total. The summed E-state index contributed by atoms with van der Waals surface area (Å²) in [4.78, 5) is 13.4. The fourth-order valence-electron chi connectivity index (χ4n) is 1.69. The van der Waals surface area contributed by atoms with Crippen LogP contribution in [0.3, 0.4) is 0 Å². The number of nitrogens with zero attached hydrogens (tertiary/aromatic N) is 1. The number of nitrogens with one attached hydrogen (secondary N) is 1. The van der Waals surface area contributed by atoms with Crippen molar-refractivity contribution >= 4 is 24.1 Å². The van der Waals surface area contributed by atoms with Gasteiger partial charge in [-0.15, -0.1) is 12.4 Å². The maximum absolute atomic E-state index is 13.5. The number of nitrogens with two attached hydrogens (primary N) is 1. The van der Waals surface area contributed by atoms with Crippen LogP contribution in [0.25, 0.3) is 0 Å². The normalized spacial score (nSPS) is 9.55. The highest BCUT2D eigenvalue weighted by Gasteiger charge is 2.15. The molecule has 0 unspecified atom stereocenters. The summed E-state index contributed by atoms with van der Waals surface area (Å²) in [5, 5.41) is 7.32. The lowest BCUT2D eigenvalue weighted by molar-refractivity contribution is -0.132. The molecule has 0 bridgehead atoms. The summed E-state index contributed by atoms with van der Waals surface area (Å²) in [6.07, 6.45) is 0. The van der Waals surface area contributed by atoms with E-state index in [1.165, 1.54) is 18.2 Å². The second-order valence-corrected chi connectivity index (χ2v) is 3.88. The van der Waals surface area contributed by atoms with Gasteiger partial charge in [-0.3, -0.25) is 10.2 Å². The van der Waals surface area contributed by atoms with E-state index in [-0.39, 0.29) is 36.2 Å². The molecule has 0 radical (unpaired) electrons. The third-order valence-corrected chi connectivity index (χ3v) is 2.71. The third-order valence-electron chi connectivity index (χ3n) is 2.71. The number of rotatable bonds is 6. The largest absolute Gasteiger partial charge is 0.483 e. The zero-order valence-corrected chi connectivity index (χ0v) is 12.3. The Kier molecular flexibility index (Phi) is 7.61. The lowest BCUT2D eigenvalue weighted by atomic mass is 10.1.